The van der Waals surface area contributed by atoms with Gasteiger partial charge in [0.25, 0.3) is 11.8 Å². The van der Waals surface area contributed by atoms with Gasteiger partial charge in [0, 0.05) is 16.4 Å². The maximum atomic E-state index is 12.7. The van der Waals surface area contributed by atoms with Crippen molar-refractivity contribution in [1.29, 1.82) is 0 Å². The summed E-state index contributed by atoms with van der Waals surface area (Å²) in [6.07, 6.45) is 0.717. The number of nitrogens with zero attached hydrogens (tertiary/aromatic N) is 6. The van der Waals surface area contributed by atoms with Gasteiger partial charge in [-0.25, -0.2) is 9.78 Å². The lowest BCUT2D eigenvalue weighted by Gasteiger charge is -2.50. The Labute approximate surface area is 192 Å². The fourth-order valence-electron chi connectivity index (χ4n) is 3.42. The lowest BCUT2D eigenvalue weighted by Crippen LogP contribution is -2.71. The van der Waals surface area contributed by atoms with Crippen molar-refractivity contribution in [2.24, 2.45) is 5.18 Å². The van der Waals surface area contributed by atoms with E-state index < -0.39 is 35.9 Å². The van der Waals surface area contributed by atoms with Gasteiger partial charge in [-0.3, -0.25) is 14.5 Å². The molecule has 2 amide bonds. The first-order chi connectivity index (χ1) is 15.3. The van der Waals surface area contributed by atoms with Crippen LogP contribution in [-0.2, 0) is 14.4 Å². The number of anilines is 1. The van der Waals surface area contributed by atoms with E-state index in [2.05, 4.69) is 30.0 Å². The molecule has 4 rings (SSSR count). The summed E-state index contributed by atoms with van der Waals surface area (Å²) in [7, 11) is 0. The smallest absolute Gasteiger partial charge is 0.353 e. The number of halogens is 1. The van der Waals surface area contributed by atoms with Crippen LogP contribution in [0.1, 0.15) is 24.7 Å². The number of aromatic nitrogens is 4. The number of nitroso groups, excluding NO2 is 1. The Balaban J connectivity index is 1.51. The zero-order chi connectivity index (χ0) is 23.0. The second kappa shape index (κ2) is 8.76. The number of hydrogen-bond acceptors (Lipinski definition) is 12. The highest BCUT2D eigenvalue weighted by atomic mass is 35.5. The third kappa shape index (κ3) is 4.01. The summed E-state index contributed by atoms with van der Waals surface area (Å²) < 4.78 is 3.80. The van der Waals surface area contributed by atoms with Crippen LogP contribution in [0.4, 0.5) is 5.13 Å². The van der Waals surface area contributed by atoms with E-state index in [1.807, 2.05) is 0 Å². The first-order valence-electron chi connectivity index (χ1n) is 8.98. The molecular weight excluding hydrogens is 484 g/mol. The van der Waals surface area contributed by atoms with Gasteiger partial charge >= 0.3 is 5.97 Å². The third-order valence-corrected chi connectivity index (χ3v) is 6.61. The molecule has 0 aromatic carbocycles. The van der Waals surface area contributed by atoms with Gasteiger partial charge in [-0.05, 0) is 30.2 Å². The number of aliphatic carboxylic acids is 1. The van der Waals surface area contributed by atoms with E-state index >= 15 is 0 Å². The number of nitrogens with one attached hydrogen (secondary N) is 1. The van der Waals surface area contributed by atoms with Crippen molar-refractivity contribution >= 4 is 57.8 Å². The largest absolute Gasteiger partial charge is 0.477 e. The highest BCUT2D eigenvalue weighted by molar-refractivity contribution is 8.03. The van der Waals surface area contributed by atoms with E-state index in [-0.39, 0.29) is 21.8 Å². The number of rotatable bonds is 7. The molecule has 4 heterocycles. The molecule has 166 valence electrons. The summed E-state index contributed by atoms with van der Waals surface area (Å²) in [6, 6.07) is -0.0478. The number of carboxylic acids is 1. The molecule has 4 N–H and O–H groups in total. The van der Waals surface area contributed by atoms with Crippen LogP contribution in [-0.4, -0.2) is 59.4 Å². The molecule has 16 heteroatoms. The molecular formula is C16H13ClN8O5S2. The average Bonchev–Trinajstić information content (AvgIpc) is 3.19. The molecule has 2 unspecified atom stereocenters. The molecule has 0 saturated carbocycles. The average molecular weight is 497 g/mol. The van der Waals surface area contributed by atoms with Crippen LogP contribution >= 0.6 is 34.9 Å². The molecule has 0 spiro atoms. The third-order valence-electron chi connectivity index (χ3n) is 4.78. The fraction of sp³-hybridized carbons (Fsp3) is 0.312. The zero-order valence-electron chi connectivity index (χ0n) is 15.8. The Kier molecular flexibility index (Phi) is 6.03. The van der Waals surface area contributed by atoms with Crippen LogP contribution in [0.15, 0.2) is 32.9 Å². The van der Waals surface area contributed by atoms with E-state index in [1.165, 1.54) is 6.07 Å². The minimum Gasteiger partial charge on any atom is -0.477 e. The summed E-state index contributed by atoms with van der Waals surface area (Å²) in [6.45, 7) is 0. The monoisotopic (exact) mass is 496 g/mol. The topological polar surface area (TPSA) is 194 Å². The summed E-state index contributed by atoms with van der Waals surface area (Å²) in [5, 5.41) is 23.2. The van der Waals surface area contributed by atoms with Gasteiger partial charge in [0.2, 0.25) is 6.04 Å². The highest BCUT2D eigenvalue weighted by Gasteiger charge is 2.54. The van der Waals surface area contributed by atoms with Crippen molar-refractivity contribution in [2.45, 2.75) is 36.0 Å². The first kappa shape index (κ1) is 22.0. The lowest BCUT2D eigenvalue weighted by atomic mass is 9.86. The number of hydrogen-bond donors (Lipinski definition) is 3. The van der Waals surface area contributed by atoms with Crippen LogP contribution in [0, 0.1) is 4.91 Å². The minimum absolute atomic E-state index is 0.0614. The molecule has 1 saturated heterocycles. The summed E-state index contributed by atoms with van der Waals surface area (Å²) in [4.78, 5) is 53.7. The molecule has 3 atom stereocenters. The number of β-lactam (4-membered cyclic amide) rings is 1. The number of carbonyl (C=O) groups is 3. The Hall–Kier alpha value is -3.17. The van der Waals surface area contributed by atoms with Crippen LogP contribution in [0.5, 0.6) is 0 Å². The van der Waals surface area contributed by atoms with Crippen molar-refractivity contribution in [2.75, 3.05) is 5.73 Å². The van der Waals surface area contributed by atoms with Crippen LogP contribution < -0.4 is 11.1 Å². The van der Waals surface area contributed by atoms with Crippen LogP contribution in [0.2, 0.25) is 5.15 Å². The Bertz CT molecular complexity index is 1140. The number of carbonyl (C=O) groups excluding carboxylic acids is 2. The second-order valence-corrected chi connectivity index (χ2v) is 8.96. The number of thioether (sulfide) groups is 1. The van der Waals surface area contributed by atoms with E-state index in [0.29, 0.717) is 22.8 Å². The fourth-order valence-corrected chi connectivity index (χ4v) is 4.95. The van der Waals surface area contributed by atoms with Gasteiger partial charge in [-0.15, -0.1) is 15.1 Å². The van der Waals surface area contributed by atoms with E-state index in [9.17, 15) is 24.4 Å². The Morgan fingerprint density at radius 2 is 2.19 bits per heavy atom. The Morgan fingerprint density at radius 1 is 1.41 bits per heavy atom. The lowest BCUT2D eigenvalue weighted by molar-refractivity contribution is -0.156. The molecule has 0 radical (unpaired) electrons. The van der Waals surface area contributed by atoms with E-state index in [0.717, 1.165) is 28.2 Å². The molecule has 2 aliphatic rings. The standard InChI is InChI=1S/C16H13ClN8O5S2/c17-7-3-4-8(22-21-7)31-6-2-1-5-9(14(27)25(5)11(6)15(28)29)19-13(26)10(23-30)12-20-16(18)32-24-12/h3-5,9-10H,1-2H2,(H,19,26)(H,28,29)(H2,18,20,24)/t5?,9-,10?/m0/s1. The highest BCUT2D eigenvalue weighted by Crippen LogP contribution is 2.42. The second-order valence-electron chi connectivity index (χ2n) is 6.67. The van der Waals surface area contributed by atoms with Crippen molar-refractivity contribution in [1.82, 2.24) is 29.8 Å². The number of allylic oxidation sites excluding steroid dienone is 1. The molecule has 1 fully saturated rings. The van der Waals surface area contributed by atoms with Crippen molar-refractivity contribution in [3.63, 3.8) is 0 Å². The van der Waals surface area contributed by atoms with E-state index in [1.54, 1.807) is 6.07 Å². The maximum Gasteiger partial charge on any atom is 0.353 e. The van der Waals surface area contributed by atoms with Crippen molar-refractivity contribution < 1.29 is 19.5 Å². The van der Waals surface area contributed by atoms with Gasteiger partial charge in [-0.2, -0.15) is 4.37 Å². The molecule has 13 nitrogen and oxygen atoms in total. The number of nitrogen functional groups attached to an aromatic ring is 1. The van der Waals surface area contributed by atoms with Gasteiger partial charge < -0.3 is 16.2 Å². The van der Waals surface area contributed by atoms with E-state index in [4.69, 9.17) is 17.3 Å². The maximum absolute atomic E-state index is 12.7. The SMILES string of the molecule is Nc1nc(C(N=O)C(=O)N[C@@H]2C(=O)N3C(C(=O)O)=C(Sc4ccc(Cl)nn4)CCC23)ns1. The van der Waals surface area contributed by atoms with Crippen LogP contribution in [0.25, 0.3) is 0 Å². The first-order valence-corrected chi connectivity index (χ1v) is 11.0. The normalized spacial score (nSPS) is 20.9. The predicted molar refractivity (Wildman–Crippen MR) is 112 cm³/mol. The molecule has 2 aliphatic heterocycles. The summed E-state index contributed by atoms with van der Waals surface area (Å²) in [5.41, 5.74) is 5.29. The van der Waals surface area contributed by atoms with Gasteiger partial charge in [-0.1, -0.05) is 23.4 Å². The number of fused-ring (bicyclic) bond motifs is 1. The minimum atomic E-state index is -1.57. The zero-order valence-corrected chi connectivity index (χ0v) is 18.2. The van der Waals surface area contributed by atoms with Gasteiger partial charge in [0.1, 0.15) is 16.8 Å². The molecule has 0 aliphatic carbocycles. The quantitative estimate of drug-likeness (QED) is 0.364. The van der Waals surface area contributed by atoms with Gasteiger partial charge in [0.15, 0.2) is 16.1 Å². The Morgan fingerprint density at radius 3 is 2.78 bits per heavy atom. The number of nitrogens with two attached hydrogens (primary N) is 1. The van der Waals surface area contributed by atoms with Crippen LogP contribution in [0.3, 0.4) is 0 Å². The molecule has 32 heavy (non-hydrogen) atoms. The van der Waals surface area contributed by atoms with Gasteiger partial charge in [0.05, 0.1) is 6.04 Å². The van der Waals surface area contributed by atoms with Crippen molar-refractivity contribution in [3.05, 3.63) is 38.6 Å². The molecule has 2 aromatic rings. The summed E-state index contributed by atoms with van der Waals surface area (Å²) in [5.74, 6) is -2.93. The molecule has 2 aromatic heterocycles. The van der Waals surface area contributed by atoms with Crippen molar-refractivity contribution in [3.8, 4) is 0 Å². The predicted octanol–water partition coefficient (Wildman–Crippen LogP) is 0.949. The number of amides is 2. The molecule has 0 bridgehead atoms. The number of carboxylic acid groups (broad SMARTS) is 1. The summed E-state index contributed by atoms with van der Waals surface area (Å²) >= 11 is 7.59.